The Balaban J connectivity index is 2.34. The lowest BCUT2D eigenvalue weighted by molar-refractivity contribution is -0.0839. The van der Waals surface area contributed by atoms with Crippen LogP contribution in [0.25, 0.3) is 0 Å². The highest BCUT2D eigenvalue weighted by Gasteiger charge is 2.38. The quantitative estimate of drug-likeness (QED) is 0.489. The first-order chi connectivity index (χ1) is 6.26. The SMILES string of the molecule is CCCC(CC1(OC)CCC1)NN. The molecule has 3 heteroatoms. The number of methoxy groups -OCH3 is 1. The average molecular weight is 186 g/mol. The molecule has 13 heavy (non-hydrogen) atoms. The topological polar surface area (TPSA) is 47.3 Å². The van der Waals surface area contributed by atoms with Gasteiger partial charge in [-0.2, -0.15) is 0 Å². The average Bonchev–Trinajstić information content (AvgIpc) is 2.09. The molecule has 1 unspecified atom stereocenters. The van der Waals surface area contributed by atoms with Crippen molar-refractivity contribution in [3.63, 3.8) is 0 Å². The van der Waals surface area contributed by atoms with Gasteiger partial charge in [-0.3, -0.25) is 11.3 Å². The van der Waals surface area contributed by atoms with Gasteiger partial charge in [0.2, 0.25) is 0 Å². The molecule has 0 radical (unpaired) electrons. The van der Waals surface area contributed by atoms with E-state index >= 15 is 0 Å². The first-order valence-electron chi connectivity index (χ1n) is 5.27. The molecule has 0 aromatic heterocycles. The van der Waals surface area contributed by atoms with Crippen LogP contribution in [0.4, 0.5) is 0 Å². The van der Waals surface area contributed by atoms with Gasteiger partial charge in [0.1, 0.15) is 0 Å². The number of rotatable bonds is 6. The van der Waals surface area contributed by atoms with Crippen LogP contribution in [0.15, 0.2) is 0 Å². The second-order valence-corrected chi connectivity index (χ2v) is 4.10. The molecule has 0 heterocycles. The highest BCUT2D eigenvalue weighted by molar-refractivity contribution is 4.92. The monoisotopic (exact) mass is 186 g/mol. The van der Waals surface area contributed by atoms with E-state index in [1.54, 1.807) is 0 Å². The lowest BCUT2D eigenvalue weighted by atomic mass is 9.75. The largest absolute Gasteiger partial charge is 0.378 e. The number of ether oxygens (including phenoxy) is 1. The Labute approximate surface area is 81.0 Å². The van der Waals surface area contributed by atoms with E-state index in [9.17, 15) is 0 Å². The Morgan fingerprint density at radius 3 is 2.54 bits per heavy atom. The second-order valence-electron chi connectivity index (χ2n) is 4.10. The summed E-state index contributed by atoms with van der Waals surface area (Å²) in [6.45, 7) is 2.19. The van der Waals surface area contributed by atoms with Gasteiger partial charge in [-0.25, -0.2) is 0 Å². The lowest BCUT2D eigenvalue weighted by Crippen LogP contribution is -2.47. The predicted molar refractivity (Wildman–Crippen MR) is 54.2 cm³/mol. The van der Waals surface area contributed by atoms with Crippen LogP contribution in [-0.2, 0) is 4.74 Å². The summed E-state index contributed by atoms with van der Waals surface area (Å²) >= 11 is 0. The molecule has 1 atom stereocenters. The third-order valence-electron chi connectivity index (χ3n) is 3.19. The molecule has 0 spiro atoms. The molecule has 3 nitrogen and oxygen atoms in total. The second kappa shape index (κ2) is 4.94. The first kappa shape index (κ1) is 11.0. The van der Waals surface area contributed by atoms with E-state index in [1.165, 1.54) is 25.7 Å². The minimum atomic E-state index is 0.145. The zero-order valence-corrected chi connectivity index (χ0v) is 8.81. The molecule has 3 N–H and O–H groups in total. The summed E-state index contributed by atoms with van der Waals surface area (Å²) in [4.78, 5) is 0. The fourth-order valence-electron chi connectivity index (χ4n) is 2.10. The van der Waals surface area contributed by atoms with Crippen molar-refractivity contribution in [1.82, 2.24) is 5.43 Å². The van der Waals surface area contributed by atoms with E-state index in [-0.39, 0.29) is 5.60 Å². The minimum Gasteiger partial charge on any atom is -0.378 e. The molecule has 0 aromatic carbocycles. The van der Waals surface area contributed by atoms with Gasteiger partial charge < -0.3 is 4.74 Å². The number of hydrogen-bond acceptors (Lipinski definition) is 3. The van der Waals surface area contributed by atoms with Crippen molar-refractivity contribution in [2.75, 3.05) is 7.11 Å². The van der Waals surface area contributed by atoms with Gasteiger partial charge in [0.15, 0.2) is 0 Å². The standard InChI is InChI=1S/C10H22N2O/c1-3-5-9(12-11)8-10(13-2)6-4-7-10/h9,12H,3-8,11H2,1-2H3. The number of hydrogen-bond donors (Lipinski definition) is 2. The molecule has 0 aliphatic heterocycles. The van der Waals surface area contributed by atoms with Crippen LogP contribution in [0.3, 0.4) is 0 Å². The maximum atomic E-state index is 5.56. The normalized spacial score (nSPS) is 22.4. The van der Waals surface area contributed by atoms with Crippen molar-refractivity contribution in [1.29, 1.82) is 0 Å². The van der Waals surface area contributed by atoms with Crippen LogP contribution in [0.5, 0.6) is 0 Å². The molecule has 1 aliphatic carbocycles. The van der Waals surface area contributed by atoms with E-state index in [4.69, 9.17) is 10.6 Å². The smallest absolute Gasteiger partial charge is 0.0694 e. The Bertz CT molecular complexity index is 140. The maximum absolute atomic E-state index is 5.56. The van der Waals surface area contributed by atoms with Crippen LogP contribution in [0.2, 0.25) is 0 Å². The number of nitrogens with two attached hydrogens (primary N) is 1. The van der Waals surface area contributed by atoms with E-state index in [0.29, 0.717) is 6.04 Å². The van der Waals surface area contributed by atoms with E-state index < -0.39 is 0 Å². The van der Waals surface area contributed by atoms with Crippen molar-refractivity contribution in [2.24, 2.45) is 5.84 Å². The molecule has 0 bridgehead atoms. The molecule has 78 valence electrons. The van der Waals surface area contributed by atoms with E-state index in [1.807, 2.05) is 7.11 Å². The molecule has 1 rings (SSSR count). The molecule has 1 saturated carbocycles. The van der Waals surface area contributed by atoms with Crippen molar-refractivity contribution in [3.05, 3.63) is 0 Å². The Kier molecular flexibility index (Phi) is 4.16. The van der Waals surface area contributed by atoms with Crippen LogP contribution >= 0.6 is 0 Å². The molecule has 1 fully saturated rings. The minimum absolute atomic E-state index is 0.145. The van der Waals surface area contributed by atoms with Gasteiger partial charge in [0.05, 0.1) is 5.60 Å². The fraction of sp³-hybridized carbons (Fsp3) is 1.00. The fourth-order valence-corrected chi connectivity index (χ4v) is 2.10. The van der Waals surface area contributed by atoms with Crippen molar-refractivity contribution >= 4 is 0 Å². The summed E-state index contributed by atoms with van der Waals surface area (Å²) in [5.74, 6) is 5.49. The number of hydrazine groups is 1. The van der Waals surface area contributed by atoms with Crippen LogP contribution in [0.1, 0.15) is 45.4 Å². The van der Waals surface area contributed by atoms with Gasteiger partial charge in [-0.15, -0.1) is 0 Å². The summed E-state index contributed by atoms with van der Waals surface area (Å²) in [5, 5.41) is 0. The predicted octanol–water partition coefficient (Wildman–Crippen LogP) is 1.58. The zero-order valence-electron chi connectivity index (χ0n) is 8.81. The van der Waals surface area contributed by atoms with Gasteiger partial charge in [0, 0.05) is 13.2 Å². The van der Waals surface area contributed by atoms with Crippen LogP contribution in [0, 0.1) is 0 Å². The van der Waals surface area contributed by atoms with Gasteiger partial charge in [-0.05, 0) is 32.1 Å². The Morgan fingerprint density at radius 1 is 1.54 bits per heavy atom. The maximum Gasteiger partial charge on any atom is 0.0694 e. The van der Waals surface area contributed by atoms with E-state index in [2.05, 4.69) is 12.3 Å². The number of nitrogens with one attached hydrogen (secondary N) is 1. The molecule has 1 aliphatic rings. The van der Waals surface area contributed by atoms with Crippen molar-refractivity contribution < 1.29 is 4.74 Å². The molecule has 0 saturated heterocycles. The van der Waals surface area contributed by atoms with Gasteiger partial charge >= 0.3 is 0 Å². The highest BCUT2D eigenvalue weighted by atomic mass is 16.5. The molecule has 0 aromatic rings. The Hall–Kier alpha value is -0.120. The highest BCUT2D eigenvalue weighted by Crippen LogP contribution is 2.39. The summed E-state index contributed by atoms with van der Waals surface area (Å²) in [6, 6.07) is 0.422. The lowest BCUT2D eigenvalue weighted by Gasteiger charge is -2.42. The molecule has 0 amide bonds. The summed E-state index contributed by atoms with van der Waals surface area (Å²) in [5.41, 5.74) is 3.03. The van der Waals surface area contributed by atoms with Crippen molar-refractivity contribution in [3.8, 4) is 0 Å². The van der Waals surface area contributed by atoms with Gasteiger partial charge in [-0.1, -0.05) is 13.3 Å². The third-order valence-corrected chi connectivity index (χ3v) is 3.19. The van der Waals surface area contributed by atoms with Crippen LogP contribution < -0.4 is 11.3 Å². The summed E-state index contributed by atoms with van der Waals surface area (Å²) < 4.78 is 5.56. The van der Waals surface area contributed by atoms with E-state index in [0.717, 1.165) is 12.8 Å². The summed E-state index contributed by atoms with van der Waals surface area (Å²) in [6.07, 6.45) is 7.08. The molecular formula is C10H22N2O. The van der Waals surface area contributed by atoms with Crippen LogP contribution in [-0.4, -0.2) is 18.8 Å². The van der Waals surface area contributed by atoms with Crippen molar-refractivity contribution in [2.45, 2.75) is 57.1 Å². The summed E-state index contributed by atoms with van der Waals surface area (Å²) in [7, 11) is 1.82. The zero-order chi connectivity index (χ0) is 9.73. The Morgan fingerprint density at radius 2 is 2.23 bits per heavy atom. The molecular weight excluding hydrogens is 164 g/mol. The first-order valence-corrected chi connectivity index (χ1v) is 5.27. The third kappa shape index (κ3) is 2.66. The van der Waals surface area contributed by atoms with Gasteiger partial charge in [0.25, 0.3) is 0 Å².